The second kappa shape index (κ2) is 10.2. The van der Waals surface area contributed by atoms with Crippen molar-refractivity contribution in [2.45, 2.75) is 24.8 Å². The van der Waals surface area contributed by atoms with E-state index in [4.69, 9.17) is 5.73 Å². The van der Waals surface area contributed by atoms with Crippen LogP contribution in [0.4, 0.5) is 0 Å². The van der Waals surface area contributed by atoms with Gasteiger partial charge in [-0.1, -0.05) is 121 Å². The number of hydrogen-bond acceptors (Lipinski definition) is 2. The van der Waals surface area contributed by atoms with E-state index in [0.29, 0.717) is 6.42 Å². The van der Waals surface area contributed by atoms with E-state index in [2.05, 4.69) is 5.32 Å². The average molecular weight is 449 g/mol. The molecule has 0 unspecified atom stereocenters. The predicted molar refractivity (Wildman–Crippen MR) is 135 cm³/mol. The van der Waals surface area contributed by atoms with Crippen LogP contribution < -0.4 is 11.1 Å². The molecule has 0 aliphatic rings. The zero-order chi connectivity index (χ0) is 24.0. The van der Waals surface area contributed by atoms with Gasteiger partial charge in [-0.05, 0) is 29.2 Å². The minimum atomic E-state index is -1.16. The SMILES string of the molecule is Cc1ccc(C[C@@H](NC(=O)C(c2ccccc2)(c2ccccc2)c2ccccc2)C(N)=O)cc1. The van der Waals surface area contributed by atoms with Gasteiger partial charge in [-0.3, -0.25) is 9.59 Å². The van der Waals surface area contributed by atoms with Crippen LogP contribution in [0, 0.1) is 6.92 Å². The maximum Gasteiger partial charge on any atom is 0.240 e. The van der Waals surface area contributed by atoms with Crippen LogP contribution in [0.2, 0.25) is 0 Å². The van der Waals surface area contributed by atoms with Crippen molar-refractivity contribution < 1.29 is 9.59 Å². The number of nitrogens with one attached hydrogen (secondary N) is 1. The Morgan fingerprint density at radius 3 is 1.50 bits per heavy atom. The number of rotatable bonds is 8. The summed E-state index contributed by atoms with van der Waals surface area (Å²) < 4.78 is 0. The summed E-state index contributed by atoms with van der Waals surface area (Å²) in [5, 5.41) is 3.00. The van der Waals surface area contributed by atoms with Crippen LogP contribution >= 0.6 is 0 Å². The lowest BCUT2D eigenvalue weighted by Crippen LogP contribution is -2.54. The first-order valence-corrected chi connectivity index (χ1v) is 11.3. The fraction of sp³-hybridized carbons (Fsp3) is 0.133. The molecule has 2 amide bonds. The number of amides is 2. The van der Waals surface area contributed by atoms with Gasteiger partial charge >= 0.3 is 0 Å². The molecule has 0 bridgehead atoms. The molecule has 0 fully saturated rings. The fourth-order valence-electron chi connectivity index (χ4n) is 4.41. The highest BCUT2D eigenvalue weighted by atomic mass is 16.2. The average Bonchev–Trinajstić information content (AvgIpc) is 2.87. The minimum absolute atomic E-state index is 0.299. The molecule has 4 aromatic carbocycles. The topological polar surface area (TPSA) is 72.2 Å². The molecular weight excluding hydrogens is 420 g/mol. The molecule has 0 aromatic heterocycles. The van der Waals surface area contributed by atoms with E-state index in [1.807, 2.05) is 122 Å². The van der Waals surface area contributed by atoms with Crippen molar-refractivity contribution in [3.8, 4) is 0 Å². The lowest BCUT2D eigenvalue weighted by atomic mass is 9.68. The molecule has 0 heterocycles. The number of nitrogens with two attached hydrogens (primary N) is 1. The quantitative estimate of drug-likeness (QED) is 0.389. The maximum absolute atomic E-state index is 14.3. The van der Waals surface area contributed by atoms with Gasteiger partial charge in [0, 0.05) is 6.42 Å². The van der Waals surface area contributed by atoms with E-state index in [0.717, 1.165) is 27.8 Å². The first-order valence-electron chi connectivity index (χ1n) is 11.3. The summed E-state index contributed by atoms with van der Waals surface area (Å²) in [6, 6.07) is 36.0. The Bertz CT molecular complexity index is 1140. The van der Waals surface area contributed by atoms with Crippen molar-refractivity contribution >= 4 is 11.8 Å². The van der Waals surface area contributed by atoms with Crippen LogP contribution in [0.5, 0.6) is 0 Å². The van der Waals surface area contributed by atoms with Crippen molar-refractivity contribution in [1.82, 2.24) is 5.32 Å². The van der Waals surface area contributed by atoms with Crippen LogP contribution in [-0.2, 0) is 21.4 Å². The summed E-state index contributed by atoms with van der Waals surface area (Å²) in [6.45, 7) is 2.01. The highest BCUT2D eigenvalue weighted by Gasteiger charge is 2.44. The molecule has 4 aromatic rings. The first kappa shape index (κ1) is 23.0. The lowest BCUT2D eigenvalue weighted by Gasteiger charge is -2.35. The van der Waals surface area contributed by atoms with E-state index < -0.39 is 17.4 Å². The Balaban J connectivity index is 1.83. The number of hydrogen-bond donors (Lipinski definition) is 2. The standard InChI is InChI=1S/C30H28N2O2/c1-22-17-19-23(20-18-22)21-27(28(31)33)32-29(34)30(24-11-5-2-6-12-24,25-13-7-3-8-14-25)26-15-9-4-10-16-26/h2-20,27H,21H2,1H3,(H2,31,33)(H,32,34)/t27-/m1/s1. The molecule has 0 spiro atoms. The van der Waals surface area contributed by atoms with Gasteiger partial charge in [0.25, 0.3) is 0 Å². The van der Waals surface area contributed by atoms with E-state index in [1.54, 1.807) is 0 Å². The number of benzene rings is 4. The number of carbonyl (C=O) groups excluding carboxylic acids is 2. The predicted octanol–water partition coefficient (Wildman–Crippen LogP) is 4.54. The smallest absolute Gasteiger partial charge is 0.240 e. The third kappa shape index (κ3) is 4.62. The Morgan fingerprint density at radius 1 is 0.706 bits per heavy atom. The van der Waals surface area contributed by atoms with Gasteiger partial charge in [-0.2, -0.15) is 0 Å². The largest absolute Gasteiger partial charge is 0.368 e. The second-order valence-electron chi connectivity index (χ2n) is 8.47. The highest BCUT2D eigenvalue weighted by Crippen LogP contribution is 2.39. The highest BCUT2D eigenvalue weighted by molar-refractivity contribution is 5.98. The third-order valence-electron chi connectivity index (χ3n) is 6.17. The van der Waals surface area contributed by atoms with E-state index >= 15 is 0 Å². The molecule has 0 aliphatic carbocycles. The van der Waals surface area contributed by atoms with Gasteiger partial charge in [-0.15, -0.1) is 0 Å². The van der Waals surface area contributed by atoms with Crippen LogP contribution in [-0.4, -0.2) is 17.9 Å². The van der Waals surface area contributed by atoms with Gasteiger partial charge in [0.2, 0.25) is 11.8 Å². The van der Waals surface area contributed by atoms with Crippen LogP contribution in [0.25, 0.3) is 0 Å². The molecule has 4 rings (SSSR count). The number of carbonyl (C=O) groups is 2. The Labute approximate surface area is 200 Å². The first-order chi connectivity index (χ1) is 16.5. The van der Waals surface area contributed by atoms with Gasteiger partial charge in [0.15, 0.2) is 0 Å². The van der Waals surface area contributed by atoms with Gasteiger partial charge in [0.1, 0.15) is 11.5 Å². The molecule has 170 valence electrons. The van der Waals surface area contributed by atoms with E-state index in [-0.39, 0.29) is 5.91 Å². The molecule has 4 nitrogen and oxygen atoms in total. The van der Waals surface area contributed by atoms with E-state index in [1.165, 1.54) is 0 Å². The molecular formula is C30H28N2O2. The summed E-state index contributed by atoms with van der Waals surface area (Å²) in [5.74, 6) is -0.871. The van der Waals surface area contributed by atoms with Crippen molar-refractivity contribution in [3.63, 3.8) is 0 Å². The summed E-state index contributed by atoms with van der Waals surface area (Å²) in [6.07, 6.45) is 0.315. The molecule has 0 aliphatic heterocycles. The third-order valence-corrected chi connectivity index (χ3v) is 6.17. The number of primary amides is 1. The van der Waals surface area contributed by atoms with E-state index in [9.17, 15) is 9.59 Å². The fourth-order valence-corrected chi connectivity index (χ4v) is 4.41. The summed E-state index contributed by atoms with van der Waals surface area (Å²) >= 11 is 0. The number of aryl methyl sites for hydroxylation is 1. The van der Waals surface area contributed by atoms with Crippen LogP contribution in [0.1, 0.15) is 27.8 Å². The monoisotopic (exact) mass is 448 g/mol. The Kier molecular flexibility index (Phi) is 6.88. The molecule has 3 N–H and O–H groups in total. The molecule has 0 radical (unpaired) electrons. The van der Waals surface area contributed by atoms with Crippen LogP contribution in [0.15, 0.2) is 115 Å². The van der Waals surface area contributed by atoms with Crippen molar-refractivity contribution in [2.24, 2.45) is 5.73 Å². The Morgan fingerprint density at radius 2 is 1.12 bits per heavy atom. The zero-order valence-corrected chi connectivity index (χ0v) is 19.1. The lowest BCUT2D eigenvalue weighted by molar-refractivity contribution is -0.129. The Hall–Kier alpha value is -4.18. The summed E-state index contributed by atoms with van der Waals surface area (Å²) in [7, 11) is 0. The van der Waals surface area contributed by atoms with Crippen LogP contribution in [0.3, 0.4) is 0 Å². The van der Waals surface area contributed by atoms with Crippen molar-refractivity contribution in [2.75, 3.05) is 0 Å². The molecule has 0 saturated carbocycles. The maximum atomic E-state index is 14.3. The molecule has 34 heavy (non-hydrogen) atoms. The normalized spacial score (nSPS) is 12.0. The zero-order valence-electron chi connectivity index (χ0n) is 19.1. The molecule has 0 saturated heterocycles. The molecule has 4 heteroatoms. The van der Waals surface area contributed by atoms with Gasteiger partial charge in [0.05, 0.1) is 0 Å². The van der Waals surface area contributed by atoms with Crippen molar-refractivity contribution in [1.29, 1.82) is 0 Å². The molecule has 1 atom stereocenters. The summed E-state index contributed by atoms with van der Waals surface area (Å²) in [5.41, 5.74) is 9.09. The minimum Gasteiger partial charge on any atom is -0.368 e. The second-order valence-corrected chi connectivity index (χ2v) is 8.47. The van der Waals surface area contributed by atoms with Gasteiger partial charge in [-0.25, -0.2) is 0 Å². The summed E-state index contributed by atoms with van der Waals surface area (Å²) in [4.78, 5) is 26.8. The van der Waals surface area contributed by atoms with Crippen molar-refractivity contribution in [3.05, 3.63) is 143 Å². The van der Waals surface area contributed by atoms with Gasteiger partial charge < -0.3 is 11.1 Å².